The maximum Gasteiger partial charge on any atom is 0.142 e. The van der Waals surface area contributed by atoms with Crippen molar-refractivity contribution in [2.75, 3.05) is 5.33 Å². The quantitative estimate of drug-likeness (QED) is 0.811. The summed E-state index contributed by atoms with van der Waals surface area (Å²) in [6, 6.07) is 5.25. The number of nitrogens with one attached hydrogen (secondary N) is 1. The fraction of sp³-hybridized carbons (Fsp3) is 0.500. The van der Waals surface area contributed by atoms with Gasteiger partial charge < -0.3 is 5.32 Å². The summed E-state index contributed by atoms with van der Waals surface area (Å²) in [6.07, 6.45) is 0. The van der Waals surface area contributed by atoms with Crippen molar-refractivity contribution in [3.8, 4) is 0 Å². The van der Waals surface area contributed by atoms with E-state index >= 15 is 0 Å². The maximum absolute atomic E-state index is 13.2. The highest BCUT2D eigenvalue weighted by Gasteiger charge is 2.11. The number of rotatable bonds is 5. The first-order valence-corrected chi connectivity index (χ1v) is 6.78. The van der Waals surface area contributed by atoms with Gasteiger partial charge in [0.15, 0.2) is 0 Å². The molecule has 1 nitrogen and oxygen atoms in total. The predicted molar refractivity (Wildman–Crippen MR) is 70.7 cm³/mol. The fourth-order valence-electron chi connectivity index (χ4n) is 1.29. The SMILES string of the molecule is CC(CBr)C(C)NCc1cccc(F)c1Cl. The molecule has 0 saturated heterocycles. The van der Waals surface area contributed by atoms with E-state index in [4.69, 9.17) is 11.6 Å². The van der Waals surface area contributed by atoms with Crippen LogP contribution in [0.5, 0.6) is 0 Å². The Morgan fingerprint density at radius 2 is 2.12 bits per heavy atom. The summed E-state index contributed by atoms with van der Waals surface area (Å²) < 4.78 is 13.2. The molecule has 2 atom stereocenters. The van der Waals surface area contributed by atoms with Gasteiger partial charge in [-0.3, -0.25) is 0 Å². The highest BCUT2D eigenvalue weighted by Crippen LogP contribution is 2.19. The van der Waals surface area contributed by atoms with Crippen LogP contribution in [0.1, 0.15) is 19.4 Å². The van der Waals surface area contributed by atoms with Gasteiger partial charge in [0, 0.05) is 17.9 Å². The molecule has 1 aromatic rings. The van der Waals surface area contributed by atoms with Crippen LogP contribution in [0.3, 0.4) is 0 Å². The van der Waals surface area contributed by atoms with E-state index in [1.165, 1.54) is 6.07 Å². The largest absolute Gasteiger partial charge is 0.310 e. The van der Waals surface area contributed by atoms with Crippen molar-refractivity contribution in [1.82, 2.24) is 5.32 Å². The second kappa shape index (κ2) is 6.58. The third kappa shape index (κ3) is 3.72. The van der Waals surface area contributed by atoms with E-state index in [1.807, 2.05) is 6.07 Å². The predicted octanol–water partition coefficient (Wildman–Crippen LogP) is 3.99. The Balaban J connectivity index is 2.58. The van der Waals surface area contributed by atoms with Crippen LogP contribution in [0.2, 0.25) is 5.02 Å². The van der Waals surface area contributed by atoms with E-state index in [9.17, 15) is 4.39 Å². The van der Waals surface area contributed by atoms with Crippen LogP contribution >= 0.6 is 27.5 Å². The van der Waals surface area contributed by atoms with Crippen LogP contribution < -0.4 is 5.32 Å². The number of hydrogen-bond acceptors (Lipinski definition) is 1. The van der Waals surface area contributed by atoms with Crippen molar-refractivity contribution in [3.63, 3.8) is 0 Å². The molecule has 90 valence electrons. The molecule has 0 heterocycles. The first kappa shape index (κ1) is 13.9. The third-order valence-electron chi connectivity index (χ3n) is 2.74. The van der Waals surface area contributed by atoms with Crippen molar-refractivity contribution >= 4 is 27.5 Å². The lowest BCUT2D eigenvalue weighted by Crippen LogP contribution is -2.32. The van der Waals surface area contributed by atoms with E-state index in [2.05, 4.69) is 35.1 Å². The first-order chi connectivity index (χ1) is 7.56. The zero-order chi connectivity index (χ0) is 12.1. The average Bonchev–Trinajstić information content (AvgIpc) is 2.29. The minimum absolute atomic E-state index is 0.216. The maximum atomic E-state index is 13.2. The first-order valence-electron chi connectivity index (χ1n) is 5.28. The molecule has 0 aliphatic rings. The minimum atomic E-state index is -0.359. The summed E-state index contributed by atoms with van der Waals surface area (Å²) in [6.45, 7) is 4.85. The molecule has 0 aromatic heterocycles. The Morgan fingerprint density at radius 1 is 1.44 bits per heavy atom. The smallest absolute Gasteiger partial charge is 0.142 e. The lowest BCUT2D eigenvalue weighted by Gasteiger charge is -2.19. The number of alkyl halides is 1. The topological polar surface area (TPSA) is 12.0 Å². The lowest BCUT2D eigenvalue weighted by molar-refractivity contribution is 0.433. The molecule has 0 aliphatic carbocycles. The van der Waals surface area contributed by atoms with Crippen LogP contribution in [-0.4, -0.2) is 11.4 Å². The molecule has 1 aromatic carbocycles. The molecule has 1 rings (SSSR count). The molecule has 4 heteroatoms. The molecule has 0 bridgehead atoms. The summed E-state index contributed by atoms with van der Waals surface area (Å²) in [5.74, 6) is 0.162. The lowest BCUT2D eigenvalue weighted by atomic mass is 10.1. The van der Waals surface area contributed by atoms with E-state index in [0.29, 0.717) is 18.5 Å². The van der Waals surface area contributed by atoms with Crippen molar-refractivity contribution in [2.24, 2.45) is 5.92 Å². The Morgan fingerprint density at radius 3 is 2.75 bits per heavy atom. The molecule has 0 spiro atoms. The van der Waals surface area contributed by atoms with Crippen molar-refractivity contribution in [3.05, 3.63) is 34.6 Å². The zero-order valence-electron chi connectivity index (χ0n) is 9.43. The van der Waals surface area contributed by atoms with E-state index in [0.717, 1.165) is 10.9 Å². The van der Waals surface area contributed by atoms with Gasteiger partial charge in [0.2, 0.25) is 0 Å². The number of benzene rings is 1. The monoisotopic (exact) mass is 307 g/mol. The molecule has 0 radical (unpaired) electrons. The van der Waals surface area contributed by atoms with Gasteiger partial charge in [0.05, 0.1) is 5.02 Å². The Labute approximate surface area is 110 Å². The molecule has 0 amide bonds. The Kier molecular flexibility index (Phi) is 5.73. The molecular weight excluding hydrogens is 292 g/mol. The molecule has 0 fully saturated rings. The summed E-state index contributed by atoms with van der Waals surface area (Å²) >= 11 is 9.31. The highest BCUT2D eigenvalue weighted by atomic mass is 79.9. The van der Waals surface area contributed by atoms with Crippen LogP contribution in [0.15, 0.2) is 18.2 Å². The van der Waals surface area contributed by atoms with Gasteiger partial charge >= 0.3 is 0 Å². The van der Waals surface area contributed by atoms with Gasteiger partial charge in [-0.2, -0.15) is 0 Å². The summed E-state index contributed by atoms with van der Waals surface area (Å²) in [7, 11) is 0. The van der Waals surface area contributed by atoms with Gasteiger partial charge in [-0.15, -0.1) is 0 Å². The minimum Gasteiger partial charge on any atom is -0.310 e. The molecular formula is C12H16BrClFN. The zero-order valence-corrected chi connectivity index (χ0v) is 11.8. The number of hydrogen-bond donors (Lipinski definition) is 1. The molecule has 16 heavy (non-hydrogen) atoms. The van der Waals surface area contributed by atoms with Gasteiger partial charge in [0.1, 0.15) is 5.82 Å². The van der Waals surface area contributed by atoms with Gasteiger partial charge in [-0.1, -0.05) is 46.6 Å². The summed E-state index contributed by atoms with van der Waals surface area (Å²) in [4.78, 5) is 0. The second-order valence-electron chi connectivity index (χ2n) is 4.01. The van der Waals surface area contributed by atoms with Gasteiger partial charge in [0.25, 0.3) is 0 Å². The van der Waals surface area contributed by atoms with Gasteiger partial charge in [-0.25, -0.2) is 4.39 Å². The highest BCUT2D eigenvalue weighted by molar-refractivity contribution is 9.09. The van der Waals surface area contributed by atoms with Gasteiger partial charge in [-0.05, 0) is 24.5 Å². The van der Waals surface area contributed by atoms with Crippen molar-refractivity contribution in [1.29, 1.82) is 0 Å². The van der Waals surface area contributed by atoms with Crippen molar-refractivity contribution < 1.29 is 4.39 Å². The van der Waals surface area contributed by atoms with E-state index < -0.39 is 0 Å². The van der Waals surface area contributed by atoms with E-state index in [1.54, 1.807) is 6.07 Å². The Bertz CT molecular complexity index is 346. The van der Waals surface area contributed by atoms with Crippen LogP contribution in [0, 0.1) is 11.7 Å². The standard InChI is InChI=1S/C12H16BrClFN/c1-8(6-13)9(2)16-7-10-4-3-5-11(15)12(10)14/h3-5,8-9,16H,6-7H2,1-2H3. The normalized spacial score (nSPS) is 14.8. The molecule has 2 unspecified atom stereocenters. The molecule has 0 aliphatic heterocycles. The third-order valence-corrected chi connectivity index (χ3v) is 4.19. The van der Waals surface area contributed by atoms with Crippen LogP contribution in [0.4, 0.5) is 4.39 Å². The van der Waals surface area contributed by atoms with Crippen molar-refractivity contribution in [2.45, 2.75) is 26.4 Å². The fourth-order valence-corrected chi connectivity index (χ4v) is 2.04. The molecule has 0 saturated carbocycles. The average molecular weight is 309 g/mol. The summed E-state index contributed by atoms with van der Waals surface area (Å²) in [5.41, 5.74) is 0.801. The molecule has 1 N–H and O–H groups in total. The second-order valence-corrected chi connectivity index (χ2v) is 5.04. The van der Waals surface area contributed by atoms with Crippen LogP contribution in [-0.2, 0) is 6.54 Å². The van der Waals surface area contributed by atoms with E-state index in [-0.39, 0.29) is 10.8 Å². The number of halogens is 3. The van der Waals surface area contributed by atoms with Crippen LogP contribution in [0.25, 0.3) is 0 Å². The summed E-state index contributed by atoms with van der Waals surface area (Å²) in [5, 5.41) is 4.50. The Hall–Kier alpha value is -0.120.